The van der Waals surface area contributed by atoms with E-state index in [1.807, 2.05) is 18.2 Å². The first kappa shape index (κ1) is 13.7. The second-order valence-electron chi connectivity index (χ2n) is 5.46. The minimum absolute atomic E-state index is 0.109. The van der Waals surface area contributed by atoms with Crippen LogP contribution in [0.15, 0.2) is 59.5 Å². The Balaban J connectivity index is 1.68. The van der Waals surface area contributed by atoms with Gasteiger partial charge in [0.2, 0.25) is 0 Å². The molecule has 1 fully saturated rings. The van der Waals surface area contributed by atoms with Crippen LogP contribution in [0.25, 0.3) is 0 Å². The summed E-state index contributed by atoms with van der Waals surface area (Å²) in [5.41, 5.74) is 7.39. The molecule has 3 rings (SSSR count). The number of rotatable bonds is 4. The predicted octanol–water partition coefficient (Wildman–Crippen LogP) is 4.19. The summed E-state index contributed by atoms with van der Waals surface area (Å²) in [5.74, 6) is 0.416. The number of hydrogen-bond donors (Lipinski definition) is 1. The van der Waals surface area contributed by atoms with E-state index in [1.165, 1.54) is 17.7 Å². The van der Waals surface area contributed by atoms with Crippen LogP contribution in [0.5, 0.6) is 0 Å². The van der Waals surface area contributed by atoms with Crippen molar-refractivity contribution < 1.29 is 4.39 Å². The number of nitrogens with two attached hydrogens (primary N) is 1. The van der Waals surface area contributed by atoms with E-state index in [4.69, 9.17) is 5.73 Å². The third kappa shape index (κ3) is 2.74. The van der Waals surface area contributed by atoms with Gasteiger partial charge in [0.15, 0.2) is 0 Å². The van der Waals surface area contributed by atoms with Crippen molar-refractivity contribution in [2.24, 2.45) is 5.73 Å². The first-order chi connectivity index (χ1) is 9.71. The molecule has 1 aliphatic carbocycles. The zero-order valence-corrected chi connectivity index (χ0v) is 12.1. The Labute approximate surface area is 123 Å². The van der Waals surface area contributed by atoms with E-state index >= 15 is 0 Å². The lowest BCUT2D eigenvalue weighted by Crippen LogP contribution is -2.45. The molecule has 104 valence electrons. The Morgan fingerprint density at radius 1 is 1.05 bits per heavy atom. The summed E-state index contributed by atoms with van der Waals surface area (Å²) in [6.45, 7) is 0.665. The average molecular weight is 287 g/mol. The number of thioether (sulfide) groups is 1. The van der Waals surface area contributed by atoms with E-state index in [1.54, 1.807) is 11.8 Å². The number of hydrogen-bond acceptors (Lipinski definition) is 2. The Morgan fingerprint density at radius 2 is 1.70 bits per heavy atom. The van der Waals surface area contributed by atoms with Gasteiger partial charge in [-0.3, -0.25) is 0 Å². The molecule has 0 aromatic heterocycles. The highest BCUT2D eigenvalue weighted by Gasteiger charge is 2.44. The van der Waals surface area contributed by atoms with Crippen LogP contribution in [0.4, 0.5) is 4.39 Å². The molecule has 1 aliphatic rings. The highest BCUT2D eigenvalue weighted by atomic mass is 32.2. The summed E-state index contributed by atoms with van der Waals surface area (Å²) in [5, 5.41) is 0. The fourth-order valence-corrected chi connectivity index (χ4v) is 4.27. The van der Waals surface area contributed by atoms with Gasteiger partial charge in [-0.2, -0.15) is 0 Å². The summed E-state index contributed by atoms with van der Waals surface area (Å²) >= 11 is 1.79. The Bertz CT molecular complexity index is 561. The standard InChI is InChI=1S/C17H18FNS/c18-15-6-8-16(9-7-15)20-17(12-19)10-14(11-17)13-4-2-1-3-5-13/h1-9,14H,10-12,19H2. The van der Waals surface area contributed by atoms with Crippen molar-refractivity contribution in [1.29, 1.82) is 0 Å². The first-order valence-electron chi connectivity index (χ1n) is 6.90. The molecule has 2 aromatic carbocycles. The second kappa shape index (κ2) is 5.58. The monoisotopic (exact) mass is 287 g/mol. The lowest BCUT2D eigenvalue weighted by molar-refractivity contribution is 0.313. The van der Waals surface area contributed by atoms with E-state index in [0.29, 0.717) is 12.5 Å². The lowest BCUT2D eigenvalue weighted by atomic mass is 9.70. The van der Waals surface area contributed by atoms with Gasteiger partial charge in [0.25, 0.3) is 0 Å². The minimum Gasteiger partial charge on any atom is -0.329 e. The first-order valence-corrected chi connectivity index (χ1v) is 7.72. The summed E-state index contributed by atoms with van der Waals surface area (Å²) in [7, 11) is 0. The van der Waals surface area contributed by atoms with Gasteiger partial charge in [0.05, 0.1) is 0 Å². The van der Waals surface area contributed by atoms with E-state index in [9.17, 15) is 4.39 Å². The zero-order valence-electron chi connectivity index (χ0n) is 11.3. The van der Waals surface area contributed by atoms with Crippen LogP contribution in [0.3, 0.4) is 0 Å². The molecule has 1 saturated carbocycles. The Morgan fingerprint density at radius 3 is 2.30 bits per heavy atom. The molecular weight excluding hydrogens is 269 g/mol. The lowest BCUT2D eigenvalue weighted by Gasteiger charge is -2.47. The van der Waals surface area contributed by atoms with Gasteiger partial charge in [0.1, 0.15) is 5.82 Å². The van der Waals surface area contributed by atoms with Gasteiger partial charge in [-0.15, -0.1) is 11.8 Å². The van der Waals surface area contributed by atoms with Crippen LogP contribution in [-0.2, 0) is 0 Å². The smallest absolute Gasteiger partial charge is 0.123 e. The molecule has 20 heavy (non-hydrogen) atoms. The molecular formula is C17H18FNS. The molecule has 2 N–H and O–H groups in total. The fourth-order valence-electron chi connectivity index (χ4n) is 2.84. The zero-order chi connectivity index (χ0) is 14.0. The van der Waals surface area contributed by atoms with Gasteiger partial charge in [0, 0.05) is 16.2 Å². The second-order valence-corrected chi connectivity index (χ2v) is 7.00. The molecule has 0 amide bonds. The van der Waals surface area contributed by atoms with Crippen LogP contribution in [0.2, 0.25) is 0 Å². The van der Waals surface area contributed by atoms with E-state index in [-0.39, 0.29) is 10.6 Å². The normalized spacial score (nSPS) is 25.2. The van der Waals surface area contributed by atoms with Gasteiger partial charge in [-0.25, -0.2) is 4.39 Å². The van der Waals surface area contributed by atoms with Gasteiger partial charge < -0.3 is 5.73 Å². The predicted molar refractivity (Wildman–Crippen MR) is 82.5 cm³/mol. The average Bonchev–Trinajstić information content (AvgIpc) is 2.45. The van der Waals surface area contributed by atoms with E-state index in [2.05, 4.69) is 24.3 Å². The van der Waals surface area contributed by atoms with Crippen molar-refractivity contribution in [3.8, 4) is 0 Å². The number of halogens is 1. The molecule has 0 bridgehead atoms. The molecule has 0 atom stereocenters. The van der Waals surface area contributed by atoms with Crippen molar-refractivity contribution in [2.75, 3.05) is 6.54 Å². The highest BCUT2D eigenvalue weighted by Crippen LogP contribution is 2.54. The number of benzene rings is 2. The van der Waals surface area contributed by atoms with Crippen molar-refractivity contribution in [1.82, 2.24) is 0 Å². The van der Waals surface area contributed by atoms with Crippen LogP contribution >= 0.6 is 11.8 Å². The van der Waals surface area contributed by atoms with Crippen molar-refractivity contribution in [3.05, 3.63) is 66.0 Å². The third-order valence-electron chi connectivity index (χ3n) is 4.03. The summed E-state index contributed by atoms with van der Waals surface area (Å²) in [4.78, 5) is 1.10. The molecule has 0 saturated heterocycles. The molecule has 0 radical (unpaired) electrons. The Hall–Kier alpha value is -1.32. The molecule has 0 heterocycles. The summed E-state index contributed by atoms with van der Waals surface area (Å²) in [6, 6.07) is 17.3. The molecule has 2 aromatic rings. The largest absolute Gasteiger partial charge is 0.329 e. The maximum atomic E-state index is 12.9. The molecule has 0 unspecified atom stereocenters. The minimum atomic E-state index is -0.188. The van der Waals surface area contributed by atoms with Gasteiger partial charge in [-0.05, 0) is 48.6 Å². The van der Waals surface area contributed by atoms with Crippen LogP contribution in [0.1, 0.15) is 24.3 Å². The maximum Gasteiger partial charge on any atom is 0.123 e. The topological polar surface area (TPSA) is 26.0 Å². The third-order valence-corrected chi connectivity index (χ3v) is 5.47. The van der Waals surface area contributed by atoms with Crippen molar-refractivity contribution in [3.63, 3.8) is 0 Å². The van der Waals surface area contributed by atoms with Gasteiger partial charge in [-0.1, -0.05) is 30.3 Å². The SMILES string of the molecule is NCC1(Sc2ccc(F)cc2)CC(c2ccccc2)C1. The highest BCUT2D eigenvalue weighted by molar-refractivity contribution is 8.00. The van der Waals surface area contributed by atoms with E-state index < -0.39 is 0 Å². The quantitative estimate of drug-likeness (QED) is 0.912. The molecule has 0 aliphatic heterocycles. The van der Waals surface area contributed by atoms with E-state index in [0.717, 1.165) is 17.7 Å². The fraction of sp³-hybridized carbons (Fsp3) is 0.294. The van der Waals surface area contributed by atoms with Crippen molar-refractivity contribution in [2.45, 2.75) is 28.4 Å². The molecule has 3 heteroatoms. The molecule has 0 spiro atoms. The van der Waals surface area contributed by atoms with Gasteiger partial charge >= 0.3 is 0 Å². The van der Waals surface area contributed by atoms with Crippen molar-refractivity contribution >= 4 is 11.8 Å². The summed E-state index contributed by atoms with van der Waals surface area (Å²) < 4.78 is 13.1. The van der Waals surface area contributed by atoms with Crippen LogP contribution in [-0.4, -0.2) is 11.3 Å². The summed E-state index contributed by atoms with van der Waals surface area (Å²) in [6.07, 6.45) is 2.19. The Kier molecular flexibility index (Phi) is 3.81. The maximum absolute atomic E-state index is 12.9. The molecule has 1 nitrogen and oxygen atoms in total. The van der Waals surface area contributed by atoms with Crippen LogP contribution < -0.4 is 5.73 Å². The van der Waals surface area contributed by atoms with Crippen LogP contribution in [0, 0.1) is 5.82 Å².